The van der Waals surface area contributed by atoms with E-state index in [2.05, 4.69) is 27.7 Å². The van der Waals surface area contributed by atoms with E-state index in [4.69, 9.17) is 14.6 Å². The number of ether oxygens (including phenoxy) is 1. The zero-order valence-corrected chi connectivity index (χ0v) is 12.8. The van der Waals surface area contributed by atoms with Gasteiger partial charge in [0.1, 0.15) is 5.76 Å². The van der Waals surface area contributed by atoms with Crippen molar-refractivity contribution in [3.8, 4) is 0 Å². The van der Waals surface area contributed by atoms with Crippen molar-refractivity contribution < 1.29 is 19.7 Å². The summed E-state index contributed by atoms with van der Waals surface area (Å²) in [7, 11) is 0. The summed E-state index contributed by atoms with van der Waals surface area (Å²) < 4.78 is 5.69. The fraction of sp³-hybridized carbons (Fsp3) is 0.800. The molecular weight excluding hydrogens is 244 g/mol. The van der Waals surface area contributed by atoms with Crippen LogP contribution in [0.1, 0.15) is 66.7 Å². The molecule has 0 radical (unpaired) electrons. The average Bonchev–Trinajstić information content (AvgIpc) is 2.23. The van der Waals surface area contributed by atoms with Crippen molar-refractivity contribution in [3.63, 3.8) is 0 Å². The van der Waals surface area contributed by atoms with Crippen LogP contribution in [-0.4, -0.2) is 22.5 Å². The Morgan fingerprint density at radius 3 is 2.42 bits per heavy atom. The highest BCUT2D eigenvalue weighted by Crippen LogP contribution is 2.41. The van der Waals surface area contributed by atoms with Crippen LogP contribution in [0.4, 0.5) is 0 Å². The van der Waals surface area contributed by atoms with Gasteiger partial charge in [-0.3, -0.25) is 4.79 Å². The first kappa shape index (κ1) is 18.0. The molecule has 0 amide bonds. The highest BCUT2D eigenvalue weighted by molar-refractivity contribution is 5.62. The van der Waals surface area contributed by atoms with Gasteiger partial charge >= 0.3 is 0 Å². The summed E-state index contributed by atoms with van der Waals surface area (Å²) in [4.78, 5) is 9.00. The standard InChI is InChI=1S/C13H24O2.C2H4O2/c1-5-7-11(14)15-12-10(2)8-6-9-13(12,3)4;1-2(3)4/h11,14H,5-9H2,1-4H3;1H3,(H,3,4). The van der Waals surface area contributed by atoms with Crippen molar-refractivity contribution in [1.29, 1.82) is 0 Å². The van der Waals surface area contributed by atoms with Crippen LogP contribution in [0.25, 0.3) is 0 Å². The van der Waals surface area contributed by atoms with E-state index in [1.807, 2.05) is 0 Å². The summed E-state index contributed by atoms with van der Waals surface area (Å²) in [5.74, 6) is 0.190. The van der Waals surface area contributed by atoms with Crippen LogP contribution in [0, 0.1) is 5.41 Å². The molecule has 0 spiro atoms. The number of carboxylic acids is 1. The molecule has 0 aromatic rings. The molecule has 112 valence electrons. The molecule has 0 aromatic carbocycles. The second-order valence-corrected chi connectivity index (χ2v) is 5.73. The summed E-state index contributed by atoms with van der Waals surface area (Å²) in [6.45, 7) is 9.65. The Hall–Kier alpha value is -1.03. The summed E-state index contributed by atoms with van der Waals surface area (Å²) >= 11 is 0. The van der Waals surface area contributed by atoms with Gasteiger partial charge in [-0.25, -0.2) is 0 Å². The quantitative estimate of drug-likeness (QED) is 0.766. The van der Waals surface area contributed by atoms with Gasteiger partial charge in [0.25, 0.3) is 5.97 Å². The molecule has 1 aliphatic rings. The maximum atomic E-state index is 9.70. The summed E-state index contributed by atoms with van der Waals surface area (Å²) in [6, 6.07) is 0. The zero-order chi connectivity index (χ0) is 15.1. The van der Waals surface area contributed by atoms with Gasteiger partial charge in [0.2, 0.25) is 0 Å². The smallest absolute Gasteiger partial charge is 0.300 e. The minimum Gasteiger partial charge on any atom is -0.481 e. The molecule has 2 N–H and O–H groups in total. The first-order valence-corrected chi connectivity index (χ1v) is 6.95. The Kier molecular flexibility index (Phi) is 7.76. The van der Waals surface area contributed by atoms with Crippen LogP contribution in [0.15, 0.2) is 11.3 Å². The fourth-order valence-corrected chi connectivity index (χ4v) is 2.30. The minimum atomic E-state index is -0.833. The monoisotopic (exact) mass is 272 g/mol. The van der Waals surface area contributed by atoms with Crippen molar-refractivity contribution in [2.45, 2.75) is 73.0 Å². The number of carbonyl (C=O) groups is 1. The lowest BCUT2D eigenvalue weighted by Crippen LogP contribution is -2.26. The molecule has 0 heterocycles. The second kappa shape index (κ2) is 8.20. The van der Waals surface area contributed by atoms with E-state index in [0.717, 1.165) is 31.9 Å². The molecule has 0 aliphatic heterocycles. The second-order valence-electron chi connectivity index (χ2n) is 5.73. The third-order valence-electron chi connectivity index (χ3n) is 3.15. The van der Waals surface area contributed by atoms with Gasteiger partial charge in [0.15, 0.2) is 6.29 Å². The number of allylic oxidation sites excluding steroid dienone is 2. The Labute approximate surface area is 116 Å². The molecule has 0 aromatic heterocycles. The number of aliphatic carboxylic acids is 1. The van der Waals surface area contributed by atoms with Crippen molar-refractivity contribution in [1.82, 2.24) is 0 Å². The van der Waals surface area contributed by atoms with Gasteiger partial charge in [-0.15, -0.1) is 0 Å². The van der Waals surface area contributed by atoms with Crippen LogP contribution < -0.4 is 0 Å². The number of aliphatic hydroxyl groups excluding tert-OH is 1. The lowest BCUT2D eigenvalue weighted by molar-refractivity contribution is -0.134. The van der Waals surface area contributed by atoms with E-state index >= 15 is 0 Å². The van der Waals surface area contributed by atoms with E-state index < -0.39 is 12.3 Å². The molecule has 0 fully saturated rings. The molecule has 1 aliphatic carbocycles. The van der Waals surface area contributed by atoms with Gasteiger partial charge in [0.05, 0.1) is 0 Å². The molecule has 19 heavy (non-hydrogen) atoms. The Morgan fingerprint density at radius 1 is 1.47 bits per heavy atom. The zero-order valence-electron chi connectivity index (χ0n) is 12.8. The van der Waals surface area contributed by atoms with Crippen molar-refractivity contribution >= 4 is 5.97 Å². The number of carboxylic acid groups (broad SMARTS) is 1. The molecule has 1 rings (SSSR count). The first-order valence-electron chi connectivity index (χ1n) is 6.95. The van der Waals surface area contributed by atoms with Crippen LogP contribution in [0.5, 0.6) is 0 Å². The molecule has 1 atom stereocenters. The van der Waals surface area contributed by atoms with Crippen molar-refractivity contribution in [3.05, 3.63) is 11.3 Å². The van der Waals surface area contributed by atoms with Gasteiger partial charge in [0, 0.05) is 18.8 Å². The highest BCUT2D eigenvalue weighted by atomic mass is 16.6. The summed E-state index contributed by atoms with van der Waals surface area (Å²) in [5.41, 5.74) is 1.40. The van der Waals surface area contributed by atoms with Gasteiger partial charge in [-0.2, -0.15) is 0 Å². The van der Waals surface area contributed by atoms with Crippen molar-refractivity contribution in [2.24, 2.45) is 5.41 Å². The van der Waals surface area contributed by atoms with Crippen molar-refractivity contribution in [2.75, 3.05) is 0 Å². The van der Waals surface area contributed by atoms with Gasteiger partial charge in [-0.1, -0.05) is 27.2 Å². The number of hydrogen-bond acceptors (Lipinski definition) is 3. The van der Waals surface area contributed by atoms with Crippen LogP contribution >= 0.6 is 0 Å². The lowest BCUT2D eigenvalue weighted by atomic mass is 9.78. The average molecular weight is 272 g/mol. The molecule has 4 nitrogen and oxygen atoms in total. The Balaban J connectivity index is 0.000000711. The van der Waals surface area contributed by atoms with E-state index in [-0.39, 0.29) is 5.41 Å². The molecule has 4 heteroatoms. The minimum absolute atomic E-state index is 0.0943. The van der Waals surface area contributed by atoms with E-state index in [0.29, 0.717) is 6.42 Å². The topological polar surface area (TPSA) is 66.8 Å². The van der Waals surface area contributed by atoms with Crippen LogP contribution in [0.2, 0.25) is 0 Å². The third kappa shape index (κ3) is 7.21. The number of aliphatic hydroxyl groups is 1. The van der Waals surface area contributed by atoms with Crippen LogP contribution in [0.3, 0.4) is 0 Å². The largest absolute Gasteiger partial charge is 0.481 e. The van der Waals surface area contributed by atoms with E-state index in [1.54, 1.807) is 0 Å². The van der Waals surface area contributed by atoms with Gasteiger partial charge < -0.3 is 14.9 Å². The summed E-state index contributed by atoms with van der Waals surface area (Å²) in [6.07, 6.45) is 4.53. The SMILES string of the molecule is CC(=O)O.CCCC(O)OC1=C(C)CCCC1(C)C. The molecular formula is C15H28O4. The predicted molar refractivity (Wildman–Crippen MR) is 75.6 cm³/mol. The molecule has 1 unspecified atom stereocenters. The predicted octanol–water partition coefficient (Wildman–Crippen LogP) is 3.70. The fourth-order valence-electron chi connectivity index (χ4n) is 2.30. The van der Waals surface area contributed by atoms with E-state index in [9.17, 15) is 5.11 Å². The normalized spacial score (nSPS) is 19.3. The first-order chi connectivity index (χ1) is 8.70. The number of hydrogen-bond donors (Lipinski definition) is 2. The van der Waals surface area contributed by atoms with Gasteiger partial charge in [-0.05, 0) is 31.8 Å². The lowest BCUT2D eigenvalue weighted by Gasteiger charge is -2.35. The molecule has 0 saturated carbocycles. The Bertz CT molecular complexity index is 314. The third-order valence-corrected chi connectivity index (χ3v) is 3.15. The van der Waals surface area contributed by atoms with Crippen LogP contribution in [-0.2, 0) is 9.53 Å². The number of rotatable bonds is 4. The maximum absolute atomic E-state index is 9.70. The highest BCUT2D eigenvalue weighted by Gasteiger charge is 2.31. The molecule has 0 bridgehead atoms. The maximum Gasteiger partial charge on any atom is 0.300 e. The van der Waals surface area contributed by atoms with E-state index in [1.165, 1.54) is 12.0 Å². The summed E-state index contributed by atoms with van der Waals surface area (Å²) in [5, 5.41) is 17.1. The Morgan fingerprint density at radius 2 is 2.00 bits per heavy atom. The molecule has 0 saturated heterocycles.